The van der Waals surface area contributed by atoms with Crippen molar-refractivity contribution in [2.45, 2.75) is 24.7 Å². The SMILES string of the molecule is O=c1[nH]c(C2CC2)nc2ccc(C3C=NNC3)cc12. The Balaban J connectivity index is 1.84. The average Bonchev–Trinajstić information content (AvgIpc) is 3.14. The second kappa shape index (κ2) is 3.91. The predicted octanol–water partition coefficient (Wildman–Crippen LogP) is 1.47. The van der Waals surface area contributed by atoms with Crippen LogP contribution in [0.25, 0.3) is 10.9 Å². The molecular formula is C14H14N4O. The van der Waals surface area contributed by atoms with Gasteiger partial charge in [-0.05, 0) is 30.5 Å². The van der Waals surface area contributed by atoms with Crippen molar-refractivity contribution >= 4 is 17.1 Å². The first-order valence-corrected chi connectivity index (χ1v) is 6.61. The number of hydrogen-bond acceptors (Lipinski definition) is 4. The Kier molecular flexibility index (Phi) is 2.21. The van der Waals surface area contributed by atoms with Gasteiger partial charge in [0.05, 0.1) is 10.9 Å². The monoisotopic (exact) mass is 254 g/mol. The second-order valence-electron chi connectivity index (χ2n) is 5.25. The van der Waals surface area contributed by atoms with Crippen LogP contribution >= 0.6 is 0 Å². The van der Waals surface area contributed by atoms with Crippen molar-refractivity contribution in [2.24, 2.45) is 5.10 Å². The first-order chi connectivity index (χ1) is 9.31. The van der Waals surface area contributed by atoms with Crippen LogP contribution in [-0.4, -0.2) is 22.7 Å². The van der Waals surface area contributed by atoms with Gasteiger partial charge in [-0.2, -0.15) is 5.10 Å². The Bertz CT molecular complexity index is 730. The van der Waals surface area contributed by atoms with Gasteiger partial charge >= 0.3 is 0 Å². The number of nitrogens with zero attached hydrogens (tertiary/aromatic N) is 2. The van der Waals surface area contributed by atoms with Crippen molar-refractivity contribution in [3.05, 3.63) is 39.9 Å². The van der Waals surface area contributed by atoms with E-state index in [2.05, 4.69) is 20.5 Å². The lowest BCUT2D eigenvalue weighted by atomic mass is 9.99. The minimum atomic E-state index is -0.0309. The summed E-state index contributed by atoms with van der Waals surface area (Å²) in [7, 11) is 0. The second-order valence-corrected chi connectivity index (χ2v) is 5.25. The van der Waals surface area contributed by atoms with Gasteiger partial charge in [0.15, 0.2) is 0 Å². The summed E-state index contributed by atoms with van der Waals surface area (Å²) >= 11 is 0. The van der Waals surface area contributed by atoms with Crippen molar-refractivity contribution in [2.75, 3.05) is 6.54 Å². The molecule has 5 heteroatoms. The smallest absolute Gasteiger partial charge is 0.258 e. The molecule has 2 aliphatic rings. The standard InChI is InChI=1S/C14H14N4O/c19-14-11-5-9(10-6-15-16-7-10)3-4-12(11)17-13(18-14)8-1-2-8/h3-6,8,10,16H,1-2,7H2,(H,17,18,19). The van der Waals surface area contributed by atoms with E-state index in [4.69, 9.17) is 0 Å². The molecule has 96 valence electrons. The van der Waals surface area contributed by atoms with Crippen LogP contribution in [-0.2, 0) is 0 Å². The van der Waals surface area contributed by atoms with Gasteiger partial charge in [0.2, 0.25) is 0 Å². The molecule has 4 rings (SSSR count). The molecule has 1 aromatic heterocycles. The van der Waals surface area contributed by atoms with E-state index in [1.807, 2.05) is 24.4 Å². The van der Waals surface area contributed by atoms with Gasteiger partial charge in [0, 0.05) is 24.6 Å². The van der Waals surface area contributed by atoms with Gasteiger partial charge in [-0.3, -0.25) is 4.79 Å². The van der Waals surface area contributed by atoms with E-state index in [1.165, 1.54) is 0 Å². The minimum absolute atomic E-state index is 0.0309. The largest absolute Gasteiger partial charge is 0.310 e. The van der Waals surface area contributed by atoms with Gasteiger partial charge in [-0.25, -0.2) is 4.98 Å². The zero-order chi connectivity index (χ0) is 12.8. The summed E-state index contributed by atoms with van der Waals surface area (Å²) in [6.45, 7) is 0.789. The highest BCUT2D eigenvalue weighted by Gasteiger charge is 2.26. The van der Waals surface area contributed by atoms with Crippen molar-refractivity contribution < 1.29 is 0 Å². The highest BCUT2D eigenvalue weighted by molar-refractivity contribution is 5.80. The number of hydrogen-bond donors (Lipinski definition) is 2. The number of H-pyrrole nitrogens is 1. The number of benzene rings is 1. The molecule has 0 bridgehead atoms. The van der Waals surface area contributed by atoms with Crippen LogP contribution in [0.15, 0.2) is 28.1 Å². The topological polar surface area (TPSA) is 70.1 Å². The molecule has 19 heavy (non-hydrogen) atoms. The zero-order valence-electron chi connectivity index (χ0n) is 10.4. The van der Waals surface area contributed by atoms with Gasteiger partial charge in [-0.1, -0.05) is 6.07 Å². The summed E-state index contributed by atoms with van der Waals surface area (Å²) in [4.78, 5) is 19.6. The van der Waals surface area contributed by atoms with E-state index < -0.39 is 0 Å². The third kappa shape index (κ3) is 1.82. The summed E-state index contributed by atoms with van der Waals surface area (Å²) in [6.07, 6.45) is 4.15. The quantitative estimate of drug-likeness (QED) is 0.852. The summed E-state index contributed by atoms with van der Waals surface area (Å²) in [5.41, 5.74) is 4.80. The van der Waals surface area contributed by atoms with Crippen LogP contribution in [0.1, 0.15) is 36.1 Å². The van der Waals surface area contributed by atoms with E-state index in [0.717, 1.165) is 36.3 Å². The number of aromatic nitrogens is 2. The molecule has 0 saturated heterocycles. The van der Waals surface area contributed by atoms with E-state index in [-0.39, 0.29) is 11.5 Å². The summed E-state index contributed by atoms with van der Waals surface area (Å²) in [5, 5.41) is 4.68. The van der Waals surface area contributed by atoms with Crippen molar-refractivity contribution in [3.8, 4) is 0 Å². The first-order valence-electron chi connectivity index (χ1n) is 6.61. The molecule has 1 aliphatic heterocycles. The van der Waals surface area contributed by atoms with E-state index in [1.54, 1.807) is 0 Å². The molecule has 1 saturated carbocycles. The highest BCUT2D eigenvalue weighted by Crippen LogP contribution is 2.37. The number of fused-ring (bicyclic) bond motifs is 1. The molecule has 0 spiro atoms. The minimum Gasteiger partial charge on any atom is -0.310 e. The molecule has 2 heterocycles. The predicted molar refractivity (Wildman–Crippen MR) is 73.6 cm³/mol. The van der Waals surface area contributed by atoms with Gasteiger partial charge in [-0.15, -0.1) is 0 Å². The fourth-order valence-corrected chi connectivity index (χ4v) is 2.51. The fourth-order valence-electron chi connectivity index (χ4n) is 2.51. The van der Waals surface area contributed by atoms with Crippen LogP contribution in [0.3, 0.4) is 0 Å². The lowest BCUT2D eigenvalue weighted by Gasteiger charge is -2.08. The average molecular weight is 254 g/mol. The number of nitrogens with one attached hydrogen (secondary N) is 2. The lowest BCUT2D eigenvalue weighted by Crippen LogP contribution is -2.13. The summed E-state index contributed by atoms with van der Waals surface area (Å²) < 4.78 is 0. The molecule has 2 N–H and O–H groups in total. The van der Waals surface area contributed by atoms with E-state index in [9.17, 15) is 4.79 Å². The molecule has 1 unspecified atom stereocenters. The Morgan fingerprint density at radius 1 is 1.26 bits per heavy atom. The lowest BCUT2D eigenvalue weighted by molar-refractivity contribution is 0.764. The van der Waals surface area contributed by atoms with Crippen LogP contribution in [0.4, 0.5) is 0 Å². The zero-order valence-corrected chi connectivity index (χ0v) is 10.4. The summed E-state index contributed by atoms with van der Waals surface area (Å²) in [6, 6.07) is 5.91. The summed E-state index contributed by atoms with van der Waals surface area (Å²) in [5.74, 6) is 1.55. The Morgan fingerprint density at radius 3 is 2.89 bits per heavy atom. The third-order valence-corrected chi connectivity index (χ3v) is 3.80. The number of hydrazone groups is 1. The molecule has 1 aromatic carbocycles. The molecule has 1 aliphatic carbocycles. The Morgan fingerprint density at radius 2 is 2.16 bits per heavy atom. The molecule has 1 fully saturated rings. The van der Waals surface area contributed by atoms with Crippen molar-refractivity contribution in [1.29, 1.82) is 0 Å². The molecular weight excluding hydrogens is 240 g/mol. The van der Waals surface area contributed by atoms with Crippen LogP contribution in [0.5, 0.6) is 0 Å². The Labute approximate surface area is 109 Å². The van der Waals surface area contributed by atoms with Gasteiger partial charge < -0.3 is 10.4 Å². The molecule has 1 atom stereocenters. The van der Waals surface area contributed by atoms with Crippen LogP contribution in [0, 0.1) is 0 Å². The molecule has 0 amide bonds. The number of rotatable bonds is 2. The fraction of sp³-hybridized carbons (Fsp3) is 0.357. The Hall–Kier alpha value is -2.17. The normalized spacial score (nSPS) is 21.8. The van der Waals surface area contributed by atoms with Gasteiger partial charge in [0.1, 0.15) is 5.82 Å². The van der Waals surface area contributed by atoms with Crippen LogP contribution < -0.4 is 11.0 Å². The highest BCUT2D eigenvalue weighted by atomic mass is 16.1. The molecule has 0 radical (unpaired) electrons. The maximum atomic E-state index is 12.2. The van der Waals surface area contributed by atoms with E-state index in [0.29, 0.717) is 11.3 Å². The van der Waals surface area contributed by atoms with Crippen molar-refractivity contribution in [3.63, 3.8) is 0 Å². The van der Waals surface area contributed by atoms with E-state index >= 15 is 0 Å². The van der Waals surface area contributed by atoms with Crippen LogP contribution in [0.2, 0.25) is 0 Å². The van der Waals surface area contributed by atoms with Gasteiger partial charge in [0.25, 0.3) is 5.56 Å². The third-order valence-electron chi connectivity index (χ3n) is 3.80. The van der Waals surface area contributed by atoms with Crippen molar-refractivity contribution in [1.82, 2.24) is 15.4 Å². The maximum absolute atomic E-state index is 12.2. The first kappa shape index (κ1) is 10.7. The molecule has 2 aromatic rings. The molecule has 5 nitrogen and oxygen atoms in total. The maximum Gasteiger partial charge on any atom is 0.258 e. The number of aromatic amines is 1.